The van der Waals surface area contributed by atoms with Crippen LogP contribution < -0.4 is 19.1 Å². The molecule has 3 aromatic rings. The summed E-state index contributed by atoms with van der Waals surface area (Å²) in [5, 5.41) is 2.89. The number of methoxy groups -OCH3 is 2. The van der Waals surface area contributed by atoms with Crippen LogP contribution in [0.4, 0.5) is 5.69 Å². The van der Waals surface area contributed by atoms with Crippen LogP contribution in [0.15, 0.2) is 83.8 Å². The van der Waals surface area contributed by atoms with E-state index in [1.165, 1.54) is 31.3 Å². The van der Waals surface area contributed by atoms with Crippen molar-refractivity contribution in [2.45, 2.75) is 44.0 Å². The highest BCUT2D eigenvalue weighted by Gasteiger charge is 2.33. The number of carbonyl (C=O) groups excluding carboxylic acids is 2. The third-order valence-corrected chi connectivity index (χ3v) is 8.54. The number of nitrogens with zero attached hydrogens (tertiary/aromatic N) is 2. The minimum absolute atomic E-state index is 0.0156. The van der Waals surface area contributed by atoms with Gasteiger partial charge in [-0.2, -0.15) is 0 Å². The van der Waals surface area contributed by atoms with Crippen LogP contribution in [0.1, 0.15) is 32.3 Å². The van der Waals surface area contributed by atoms with Gasteiger partial charge in [-0.15, -0.1) is 0 Å². The first-order valence-corrected chi connectivity index (χ1v) is 15.1. The molecule has 0 aliphatic carbocycles. The molecule has 0 spiro atoms. The summed E-state index contributed by atoms with van der Waals surface area (Å²) in [6.07, 6.45) is 2.24. The van der Waals surface area contributed by atoms with Gasteiger partial charge in [-0.05, 0) is 61.7 Å². The lowest BCUT2D eigenvalue weighted by atomic mass is 10.1. The van der Waals surface area contributed by atoms with Gasteiger partial charge in [0.1, 0.15) is 24.1 Å². The topological polar surface area (TPSA) is 105 Å². The number of sulfonamides is 1. The van der Waals surface area contributed by atoms with E-state index in [4.69, 9.17) is 9.47 Å². The number of ether oxygens (including phenoxy) is 2. The van der Waals surface area contributed by atoms with Crippen molar-refractivity contribution in [1.82, 2.24) is 10.2 Å². The van der Waals surface area contributed by atoms with Gasteiger partial charge in [0.25, 0.3) is 10.0 Å². The minimum atomic E-state index is -4.22. The van der Waals surface area contributed by atoms with E-state index in [1.807, 2.05) is 37.3 Å². The maximum absolute atomic E-state index is 14.0. The molecule has 3 rings (SSSR count). The Morgan fingerprint density at radius 2 is 1.56 bits per heavy atom. The molecule has 1 atom stereocenters. The number of unbranched alkanes of at least 4 members (excludes halogenated alkanes) is 1. The molecule has 9 nitrogen and oxygen atoms in total. The van der Waals surface area contributed by atoms with Crippen molar-refractivity contribution in [1.29, 1.82) is 0 Å². The number of benzene rings is 3. The van der Waals surface area contributed by atoms with E-state index in [2.05, 4.69) is 5.32 Å². The van der Waals surface area contributed by atoms with Crippen LogP contribution in [-0.2, 0) is 26.0 Å². The van der Waals surface area contributed by atoms with Crippen molar-refractivity contribution >= 4 is 27.5 Å². The molecular weight excluding hydrogens is 542 g/mol. The maximum atomic E-state index is 14.0. The van der Waals surface area contributed by atoms with E-state index in [9.17, 15) is 18.0 Å². The first-order chi connectivity index (χ1) is 19.7. The Balaban J connectivity index is 1.99. The van der Waals surface area contributed by atoms with Crippen LogP contribution in [0.2, 0.25) is 0 Å². The van der Waals surface area contributed by atoms with Gasteiger partial charge in [0.05, 0.1) is 24.8 Å². The second-order valence-electron chi connectivity index (χ2n) is 9.50. The highest BCUT2D eigenvalue weighted by molar-refractivity contribution is 7.92. The van der Waals surface area contributed by atoms with Gasteiger partial charge in [0.2, 0.25) is 11.8 Å². The monoisotopic (exact) mass is 581 g/mol. The summed E-state index contributed by atoms with van der Waals surface area (Å²) in [6.45, 7) is 3.89. The highest BCUT2D eigenvalue weighted by Crippen LogP contribution is 2.33. The molecule has 0 heterocycles. The first kappa shape index (κ1) is 31.5. The van der Waals surface area contributed by atoms with Gasteiger partial charge in [-0.25, -0.2) is 8.42 Å². The molecular formula is C31H39N3O6S. The molecule has 41 heavy (non-hydrogen) atoms. The fourth-order valence-corrected chi connectivity index (χ4v) is 5.75. The zero-order valence-corrected chi connectivity index (χ0v) is 24.9. The number of nitrogens with one attached hydrogen (secondary N) is 1. The molecule has 2 amide bonds. The zero-order valence-electron chi connectivity index (χ0n) is 24.1. The van der Waals surface area contributed by atoms with E-state index in [-0.39, 0.29) is 23.0 Å². The predicted octanol–water partition coefficient (Wildman–Crippen LogP) is 4.28. The zero-order chi connectivity index (χ0) is 29.8. The molecule has 10 heteroatoms. The Morgan fingerprint density at radius 3 is 2.20 bits per heavy atom. The highest BCUT2D eigenvalue weighted by atomic mass is 32.2. The summed E-state index contributed by atoms with van der Waals surface area (Å²) in [5.41, 5.74) is 1.21. The lowest BCUT2D eigenvalue weighted by Crippen LogP contribution is -2.52. The number of hydrogen-bond donors (Lipinski definition) is 1. The molecule has 0 bridgehead atoms. The van der Waals surface area contributed by atoms with E-state index in [0.717, 1.165) is 22.7 Å². The number of carbonyl (C=O) groups is 2. The molecule has 3 aromatic carbocycles. The van der Waals surface area contributed by atoms with E-state index >= 15 is 0 Å². The molecule has 0 aliphatic rings. The summed E-state index contributed by atoms with van der Waals surface area (Å²) in [7, 11) is -1.29. The van der Waals surface area contributed by atoms with Gasteiger partial charge < -0.3 is 19.7 Å². The Morgan fingerprint density at radius 1 is 0.902 bits per heavy atom. The molecule has 1 unspecified atom stereocenters. The fraction of sp³-hybridized carbons (Fsp3) is 0.355. The van der Waals surface area contributed by atoms with Crippen LogP contribution in [0.5, 0.6) is 11.5 Å². The smallest absolute Gasteiger partial charge is 0.264 e. The van der Waals surface area contributed by atoms with Crippen molar-refractivity contribution in [3.63, 3.8) is 0 Å². The Hall–Kier alpha value is -4.05. The SMILES string of the molecule is CCCCNC(=O)C(C)N(CCc1ccccc1)C(=O)CN(c1ccccc1OC)S(=O)(=O)c1ccc(OC)cc1. The van der Waals surface area contributed by atoms with Gasteiger partial charge in [-0.3, -0.25) is 13.9 Å². The van der Waals surface area contributed by atoms with Gasteiger partial charge in [0.15, 0.2) is 0 Å². The summed E-state index contributed by atoms with van der Waals surface area (Å²) in [4.78, 5) is 28.5. The Kier molecular flexibility index (Phi) is 11.6. The lowest BCUT2D eigenvalue weighted by molar-refractivity contribution is -0.138. The van der Waals surface area contributed by atoms with E-state index in [1.54, 1.807) is 43.3 Å². The Labute approximate surface area is 243 Å². The van der Waals surface area contributed by atoms with E-state index < -0.39 is 28.5 Å². The van der Waals surface area contributed by atoms with Crippen LogP contribution in [0, 0.1) is 0 Å². The molecule has 0 radical (unpaired) electrons. The molecule has 0 saturated carbocycles. The average molecular weight is 582 g/mol. The van der Waals surface area contributed by atoms with Gasteiger partial charge in [0, 0.05) is 13.1 Å². The second-order valence-corrected chi connectivity index (χ2v) is 11.4. The second kappa shape index (κ2) is 15.1. The summed E-state index contributed by atoms with van der Waals surface area (Å²) < 4.78 is 39.7. The summed E-state index contributed by atoms with van der Waals surface area (Å²) >= 11 is 0. The fourth-order valence-electron chi connectivity index (χ4n) is 4.33. The van der Waals surface area contributed by atoms with Gasteiger partial charge in [-0.1, -0.05) is 55.8 Å². The van der Waals surface area contributed by atoms with Crippen LogP contribution >= 0.6 is 0 Å². The predicted molar refractivity (Wildman–Crippen MR) is 160 cm³/mol. The summed E-state index contributed by atoms with van der Waals surface area (Å²) in [6, 6.07) is 21.4. The third kappa shape index (κ3) is 8.23. The number of para-hydroxylation sites is 2. The number of hydrogen-bond acceptors (Lipinski definition) is 6. The van der Waals surface area contributed by atoms with Crippen LogP contribution in [0.25, 0.3) is 0 Å². The number of rotatable bonds is 15. The van der Waals surface area contributed by atoms with Crippen molar-refractivity contribution in [3.8, 4) is 11.5 Å². The molecule has 1 N–H and O–H groups in total. The van der Waals surface area contributed by atoms with Gasteiger partial charge >= 0.3 is 0 Å². The lowest BCUT2D eigenvalue weighted by Gasteiger charge is -2.32. The molecule has 0 aromatic heterocycles. The molecule has 0 fully saturated rings. The standard InChI is InChI=1S/C31H39N3O6S/c1-5-6-21-32-31(36)24(2)33(22-20-25-12-8-7-9-13-25)30(35)23-34(28-14-10-11-15-29(28)40-4)41(37,38)27-18-16-26(39-3)17-19-27/h7-19,24H,5-6,20-23H2,1-4H3,(H,32,36). The normalized spacial score (nSPS) is 11.8. The van der Waals surface area contributed by atoms with Crippen molar-refractivity contribution in [2.75, 3.05) is 38.2 Å². The molecule has 0 saturated heterocycles. The maximum Gasteiger partial charge on any atom is 0.264 e. The van der Waals surface area contributed by atoms with E-state index in [0.29, 0.717) is 24.5 Å². The summed E-state index contributed by atoms with van der Waals surface area (Å²) in [5.74, 6) is -0.0128. The average Bonchev–Trinajstić information content (AvgIpc) is 3.00. The minimum Gasteiger partial charge on any atom is -0.497 e. The largest absolute Gasteiger partial charge is 0.497 e. The van der Waals surface area contributed by atoms with Crippen molar-refractivity contribution in [2.24, 2.45) is 0 Å². The van der Waals surface area contributed by atoms with Crippen molar-refractivity contribution in [3.05, 3.63) is 84.4 Å². The number of amides is 2. The van der Waals surface area contributed by atoms with Crippen LogP contribution in [-0.4, -0.2) is 65.0 Å². The molecule has 0 aliphatic heterocycles. The van der Waals surface area contributed by atoms with Crippen molar-refractivity contribution < 1.29 is 27.5 Å². The molecule has 220 valence electrons. The quantitative estimate of drug-likeness (QED) is 0.269. The number of anilines is 1. The Bertz CT molecular complexity index is 1380. The third-order valence-electron chi connectivity index (χ3n) is 6.76. The van der Waals surface area contributed by atoms with Crippen LogP contribution in [0.3, 0.4) is 0 Å². The first-order valence-electron chi connectivity index (χ1n) is 13.6.